The first-order valence-electron chi connectivity index (χ1n) is 11.5. The molecule has 1 saturated heterocycles. The number of aliphatic hydroxyl groups excluding tert-OH is 4. The molecule has 1 aliphatic rings. The number of rotatable bonds is 8. The number of sulfone groups is 1. The van der Waals surface area contributed by atoms with Gasteiger partial charge < -0.3 is 25.7 Å². The number of aromatic nitrogens is 2. The monoisotopic (exact) mass is 514 g/mol. The van der Waals surface area contributed by atoms with Crippen molar-refractivity contribution in [3.05, 3.63) is 71.9 Å². The second-order valence-electron chi connectivity index (χ2n) is 9.03. The highest BCUT2D eigenvalue weighted by molar-refractivity contribution is 7.90. The van der Waals surface area contributed by atoms with Crippen molar-refractivity contribution in [2.24, 2.45) is 0 Å². The molecule has 4 rings (SSSR count). The van der Waals surface area contributed by atoms with E-state index >= 15 is 0 Å². The average Bonchev–Trinajstić information content (AvgIpc) is 2.86. The number of β-amino-alcohol motifs (C(OH)–C–C–N with tert-alkyl or cyclic N) is 1. The van der Waals surface area contributed by atoms with Crippen molar-refractivity contribution in [2.45, 2.75) is 42.3 Å². The molecule has 5 N–H and O–H groups in total. The van der Waals surface area contributed by atoms with E-state index in [-0.39, 0.29) is 18.0 Å². The molecule has 0 unspecified atom stereocenters. The molecule has 2 heterocycles. The van der Waals surface area contributed by atoms with Crippen LogP contribution in [0.1, 0.15) is 11.1 Å². The lowest BCUT2D eigenvalue weighted by atomic mass is 9.93. The van der Waals surface area contributed by atoms with E-state index in [1.165, 1.54) is 0 Å². The molecule has 3 aromatic rings. The minimum absolute atomic E-state index is 0.120. The van der Waals surface area contributed by atoms with E-state index in [0.717, 1.165) is 17.4 Å². The van der Waals surface area contributed by atoms with Gasteiger partial charge in [0.05, 0.1) is 29.3 Å². The summed E-state index contributed by atoms with van der Waals surface area (Å²) in [6.45, 7) is 0.543. The van der Waals surface area contributed by atoms with Crippen LogP contribution in [-0.2, 0) is 22.9 Å². The molecule has 1 fully saturated rings. The van der Waals surface area contributed by atoms with E-state index in [2.05, 4.69) is 15.5 Å². The number of benzene rings is 2. The first-order chi connectivity index (χ1) is 17.2. The molecular formula is C25H30N4O6S. The first kappa shape index (κ1) is 26.1. The van der Waals surface area contributed by atoms with Crippen LogP contribution in [0.25, 0.3) is 11.3 Å². The quantitative estimate of drug-likeness (QED) is 0.285. The summed E-state index contributed by atoms with van der Waals surface area (Å²) in [6.07, 6.45) is -0.967. The Labute approximate surface area is 209 Å². The summed E-state index contributed by atoms with van der Waals surface area (Å²) in [6, 6.07) is 15.4. The molecule has 1 aromatic heterocycles. The predicted octanol–water partition coefficient (Wildman–Crippen LogP) is 0.418. The van der Waals surface area contributed by atoms with E-state index in [1.807, 2.05) is 30.3 Å². The Morgan fingerprint density at radius 1 is 1.03 bits per heavy atom. The van der Waals surface area contributed by atoms with E-state index in [9.17, 15) is 28.8 Å². The highest BCUT2D eigenvalue weighted by Crippen LogP contribution is 2.26. The van der Waals surface area contributed by atoms with Crippen LogP contribution in [0.15, 0.2) is 65.7 Å². The van der Waals surface area contributed by atoms with Crippen molar-refractivity contribution in [1.82, 2.24) is 15.1 Å². The zero-order valence-electron chi connectivity index (χ0n) is 19.8. The Balaban J connectivity index is 1.51. The van der Waals surface area contributed by atoms with Crippen molar-refractivity contribution in [2.75, 3.05) is 24.7 Å². The molecule has 4 atom stereocenters. The van der Waals surface area contributed by atoms with Gasteiger partial charge in [-0.15, -0.1) is 0 Å². The van der Waals surface area contributed by atoms with Gasteiger partial charge >= 0.3 is 0 Å². The van der Waals surface area contributed by atoms with Gasteiger partial charge in [0.1, 0.15) is 12.2 Å². The largest absolute Gasteiger partial charge is 0.395 e. The summed E-state index contributed by atoms with van der Waals surface area (Å²) in [5, 5.41) is 51.2. The van der Waals surface area contributed by atoms with Gasteiger partial charge in [-0.2, -0.15) is 10.2 Å². The molecule has 1 aliphatic heterocycles. The summed E-state index contributed by atoms with van der Waals surface area (Å²) in [4.78, 5) is 1.92. The van der Waals surface area contributed by atoms with Crippen LogP contribution in [0, 0.1) is 0 Å². The van der Waals surface area contributed by atoms with Crippen molar-refractivity contribution in [3.8, 4) is 11.3 Å². The molecule has 10 nitrogen and oxygen atoms in total. The number of aliphatic hydroxyl groups is 4. The van der Waals surface area contributed by atoms with Crippen molar-refractivity contribution in [1.29, 1.82) is 0 Å². The fraction of sp³-hybridized carbons (Fsp3) is 0.360. The van der Waals surface area contributed by atoms with Crippen LogP contribution in [0.4, 0.5) is 5.69 Å². The molecule has 2 aromatic carbocycles. The van der Waals surface area contributed by atoms with E-state index in [0.29, 0.717) is 30.0 Å². The minimum Gasteiger partial charge on any atom is -0.395 e. The Kier molecular flexibility index (Phi) is 7.98. The standard InChI is InChI=1S/C25H30N4O6S/c1-36(34,35)20-10-18(21-6-3-7-27-28-21)9-19(11-20)26-12-16-4-2-5-17(8-16)13-29-14-23(31)25(33)24(32)22(29)15-30/h2-11,22-26,30-33H,12-15H2,1H3/t22-,23+,24-,25-/m1/s1. The fourth-order valence-electron chi connectivity index (χ4n) is 4.36. The molecular weight excluding hydrogens is 484 g/mol. The summed E-state index contributed by atoms with van der Waals surface area (Å²) in [5.41, 5.74) is 3.62. The maximum atomic E-state index is 12.3. The molecule has 0 aliphatic carbocycles. The van der Waals surface area contributed by atoms with Gasteiger partial charge in [0.25, 0.3) is 0 Å². The number of likely N-dealkylation sites (tertiary alicyclic amines) is 1. The highest BCUT2D eigenvalue weighted by Gasteiger charge is 2.40. The zero-order valence-corrected chi connectivity index (χ0v) is 20.6. The smallest absolute Gasteiger partial charge is 0.175 e. The predicted molar refractivity (Wildman–Crippen MR) is 134 cm³/mol. The average molecular weight is 515 g/mol. The Hall–Kier alpha value is -2.93. The van der Waals surface area contributed by atoms with Crippen LogP contribution in [0.2, 0.25) is 0 Å². The maximum Gasteiger partial charge on any atom is 0.175 e. The van der Waals surface area contributed by atoms with Crippen LogP contribution in [0.5, 0.6) is 0 Å². The van der Waals surface area contributed by atoms with Crippen LogP contribution < -0.4 is 5.32 Å². The molecule has 0 amide bonds. The second-order valence-corrected chi connectivity index (χ2v) is 11.0. The number of nitrogens with one attached hydrogen (secondary N) is 1. The zero-order chi connectivity index (χ0) is 25.9. The van der Waals surface area contributed by atoms with E-state index in [4.69, 9.17) is 0 Å². The lowest BCUT2D eigenvalue weighted by Crippen LogP contribution is -2.62. The van der Waals surface area contributed by atoms with Gasteiger partial charge in [0, 0.05) is 43.3 Å². The van der Waals surface area contributed by atoms with Gasteiger partial charge in [-0.25, -0.2) is 8.42 Å². The molecule has 11 heteroatoms. The molecule has 0 radical (unpaired) electrons. The summed E-state index contributed by atoms with van der Waals surface area (Å²) in [5.74, 6) is 0. The third kappa shape index (κ3) is 6.06. The lowest BCUT2D eigenvalue weighted by molar-refractivity contribution is -0.147. The van der Waals surface area contributed by atoms with Gasteiger partial charge in [-0.1, -0.05) is 24.3 Å². The van der Waals surface area contributed by atoms with Crippen molar-refractivity contribution >= 4 is 15.5 Å². The number of nitrogens with zero attached hydrogens (tertiary/aromatic N) is 3. The van der Waals surface area contributed by atoms with Gasteiger partial charge in [0.2, 0.25) is 0 Å². The Bertz CT molecular complexity index is 1290. The molecule has 36 heavy (non-hydrogen) atoms. The Morgan fingerprint density at radius 3 is 2.50 bits per heavy atom. The fourth-order valence-corrected chi connectivity index (χ4v) is 5.04. The maximum absolute atomic E-state index is 12.3. The van der Waals surface area contributed by atoms with Gasteiger partial charge in [0.15, 0.2) is 9.84 Å². The second kappa shape index (κ2) is 11.0. The SMILES string of the molecule is CS(=O)(=O)c1cc(NCc2cccc(CN3C[C@H](O)[C@@H](O)[C@H](O)[C@H]3CO)c2)cc(-c2cccnn2)c1. The van der Waals surface area contributed by atoms with Crippen molar-refractivity contribution in [3.63, 3.8) is 0 Å². The third-order valence-electron chi connectivity index (χ3n) is 6.29. The molecule has 0 saturated carbocycles. The van der Waals surface area contributed by atoms with Crippen LogP contribution in [0.3, 0.4) is 0 Å². The number of hydrogen-bond acceptors (Lipinski definition) is 10. The topological polar surface area (TPSA) is 156 Å². The number of anilines is 1. The lowest BCUT2D eigenvalue weighted by Gasteiger charge is -2.43. The summed E-state index contributed by atoms with van der Waals surface area (Å²) in [7, 11) is -3.46. The highest BCUT2D eigenvalue weighted by atomic mass is 32.2. The van der Waals surface area contributed by atoms with E-state index in [1.54, 1.807) is 35.4 Å². The van der Waals surface area contributed by atoms with Gasteiger partial charge in [-0.05, 0) is 41.5 Å². The molecule has 0 bridgehead atoms. The summed E-state index contributed by atoms with van der Waals surface area (Å²) >= 11 is 0. The summed E-state index contributed by atoms with van der Waals surface area (Å²) < 4.78 is 24.5. The third-order valence-corrected chi connectivity index (χ3v) is 7.38. The minimum atomic E-state index is -3.46. The first-order valence-corrected chi connectivity index (χ1v) is 13.4. The normalized spacial score (nSPS) is 22.9. The van der Waals surface area contributed by atoms with Crippen LogP contribution >= 0.6 is 0 Å². The molecule has 0 spiro atoms. The molecule has 192 valence electrons. The number of piperidine rings is 1. The number of hydrogen-bond donors (Lipinski definition) is 5. The van der Waals surface area contributed by atoms with Crippen molar-refractivity contribution < 1.29 is 28.8 Å². The van der Waals surface area contributed by atoms with Gasteiger partial charge in [-0.3, -0.25) is 4.90 Å². The van der Waals surface area contributed by atoms with E-state index < -0.39 is 34.2 Å². The Morgan fingerprint density at radius 2 is 1.81 bits per heavy atom. The van der Waals surface area contributed by atoms with Crippen LogP contribution in [-0.4, -0.2) is 87.7 Å².